The van der Waals surface area contributed by atoms with E-state index in [0.29, 0.717) is 24.3 Å². The zero-order valence-electron chi connectivity index (χ0n) is 19.0. The number of rotatable bonds is 9. The van der Waals surface area contributed by atoms with Gasteiger partial charge in [-0.3, -0.25) is 4.79 Å². The average molecular weight is 476 g/mol. The predicted molar refractivity (Wildman–Crippen MR) is 121 cm³/mol. The van der Waals surface area contributed by atoms with Crippen molar-refractivity contribution >= 4 is 22.6 Å². The Morgan fingerprint density at radius 3 is 2.82 bits per heavy atom. The molecule has 2 aromatic carbocycles. The molecule has 0 radical (unpaired) electrons. The Balaban J connectivity index is 1.42. The molecule has 0 spiro atoms. The van der Waals surface area contributed by atoms with E-state index in [1.807, 2.05) is 25.1 Å². The largest absolute Gasteiger partial charge is 0.493 e. The fourth-order valence-corrected chi connectivity index (χ4v) is 4.55. The van der Waals surface area contributed by atoms with Crippen LogP contribution < -0.4 is 9.64 Å². The van der Waals surface area contributed by atoms with Crippen LogP contribution in [0.1, 0.15) is 48.6 Å². The molecule has 1 aliphatic rings. The Hall–Kier alpha value is -3.23. The number of carbonyl (C=O) groups is 1. The minimum Gasteiger partial charge on any atom is -0.493 e. The standard InChI is InChI=1S/C25H27F3N2O4/c1-2-5-18-21(10-8-19-23(18)34-29-24(19)25(26,27)28)33-13-4-12-30-11-3-6-17-14-16(15-22(31)32)7-9-20(17)30/h7-10,14H,2-6,11-13,15H2,1H3,(H,31,32). The lowest BCUT2D eigenvalue weighted by molar-refractivity contribution is -0.141. The predicted octanol–water partition coefficient (Wildman–Crippen LogP) is 5.65. The van der Waals surface area contributed by atoms with Crippen LogP contribution in [0.15, 0.2) is 34.9 Å². The summed E-state index contributed by atoms with van der Waals surface area (Å²) in [6.45, 7) is 4.03. The number of hydrogen-bond donors (Lipinski definition) is 1. The van der Waals surface area contributed by atoms with Gasteiger partial charge in [-0.15, -0.1) is 0 Å². The Morgan fingerprint density at radius 2 is 2.09 bits per heavy atom. The number of aliphatic carboxylic acids is 1. The quantitative estimate of drug-likeness (QED) is 0.403. The molecule has 0 unspecified atom stereocenters. The molecule has 6 nitrogen and oxygen atoms in total. The van der Waals surface area contributed by atoms with Gasteiger partial charge in [-0.1, -0.05) is 30.6 Å². The summed E-state index contributed by atoms with van der Waals surface area (Å²) in [6, 6.07) is 8.76. The first-order valence-electron chi connectivity index (χ1n) is 11.5. The molecule has 182 valence electrons. The molecule has 0 atom stereocenters. The summed E-state index contributed by atoms with van der Waals surface area (Å²) in [5, 5.41) is 12.2. The molecule has 4 rings (SSSR count). The van der Waals surface area contributed by atoms with Gasteiger partial charge in [-0.05, 0) is 55.0 Å². The summed E-state index contributed by atoms with van der Waals surface area (Å²) in [5.41, 5.74) is 2.81. The zero-order chi connectivity index (χ0) is 24.3. The van der Waals surface area contributed by atoms with E-state index in [2.05, 4.69) is 10.1 Å². The highest BCUT2D eigenvalue weighted by Crippen LogP contribution is 2.38. The summed E-state index contributed by atoms with van der Waals surface area (Å²) >= 11 is 0. The van der Waals surface area contributed by atoms with E-state index in [1.165, 1.54) is 6.07 Å². The van der Waals surface area contributed by atoms with E-state index in [0.717, 1.165) is 55.6 Å². The lowest BCUT2D eigenvalue weighted by atomic mass is 9.98. The highest BCUT2D eigenvalue weighted by atomic mass is 19.4. The second-order valence-corrected chi connectivity index (χ2v) is 8.52. The normalized spacial score (nSPS) is 13.8. The number of anilines is 1. The van der Waals surface area contributed by atoms with Gasteiger partial charge in [-0.2, -0.15) is 13.2 Å². The molecule has 3 aromatic rings. The third-order valence-corrected chi connectivity index (χ3v) is 6.01. The van der Waals surface area contributed by atoms with Crippen molar-refractivity contribution < 1.29 is 32.3 Å². The number of aromatic nitrogens is 1. The number of hydrogen-bond acceptors (Lipinski definition) is 5. The molecule has 0 saturated carbocycles. The van der Waals surface area contributed by atoms with Crippen molar-refractivity contribution in [2.45, 2.75) is 51.6 Å². The van der Waals surface area contributed by atoms with Crippen molar-refractivity contribution in [3.63, 3.8) is 0 Å². The van der Waals surface area contributed by atoms with Crippen LogP contribution in [-0.4, -0.2) is 35.9 Å². The average Bonchev–Trinajstić information content (AvgIpc) is 3.22. The number of ether oxygens (including phenoxy) is 1. The number of carboxylic acid groups (broad SMARTS) is 1. The minimum absolute atomic E-state index is 0.0151. The highest BCUT2D eigenvalue weighted by Gasteiger charge is 2.37. The van der Waals surface area contributed by atoms with Crippen LogP contribution in [0, 0.1) is 0 Å². The van der Waals surface area contributed by atoms with E-state index >= 15 is 0 Å². The highest BCUT2D eigenvalue weighted by molar-refractivity contribution is 5.85. The van der Waals surface area contributed by atoms with Gasteiger partial charge in [0.15, 0.2) is 11.3 Å². The van der Waals surface area contributed by atoms with Crippen molar-refractivity contribution in [2.24, 2.45) is 0 Å². The molecule has 0 bridgehead atoms. The molecule has 0 aliphatic carbocycles. The first kappa shape index (κ1) is 23.9. The maximum absolute atomic E-state index is 13.2. The van der Waals surface area contributed by atoms with Gasteiger partial charge in [-0.25, -0.2) is 0 Å². The van der Waals surface area contributed by atoms with Crippen LogP contribution in [0.5, 0.6) is 5.75 Å². The monoisotopic (exact) mass is 476 g/mol. The van der Waals surface area contributed by atoms with Crippen LogP contribution >= 0.6 is 0 Å². The summed E-state index contributed by atoms with van der Waals surface area (Å²) in [6.07, 6.45) is -0.660. The number of aryl methyl sites for hydroxylation is 2. The molecule has 1 N–H and O–H groups in total. The molecule has 1 aromatic heterocycles. The molecule has 34 heavy (non-hydrogen) atoms. The van der Waals surface area contributed by atoms with Gasteiger partial charge in [0.1, 0.15) is 5.75 Å². The lowest BCUT2D eigenvalue weighted by Gasteiger charge is -2.31. The van der Waals surface area contributed by atoms with E-state index < -0.39 is 17.8 Å². The number of carboxylic acids is 1. The molecule has 0 amide bonds. The first-order chi connectivity index (χ1) is 16.3. The maximum Gasteiger partial charge on any atom is 0.437 e. The molecule has 9 heteroatoms. The van der Waals surface area contributed by atoms with Crippen molar-refractivity contribution in [2.75, 3.05) is 24.6 Å². The summed E-state index contributed by atoms with van der Waals surface area (Å²) in [4.78, 5) is 13.3. The van der Waals surface area contributed by atoms with Gasteiger partial charge in [0.05, 0.1) is 18.4 Å². The molecular formula is C25H27F3N2O4. The van der Waals surface area contributed by atoms with Gasteiger partial charge in [0.25, 0.3) is 0 Å². The number of alkyl halides is 3. The molecular weight excluding hydrogens is 449 g/mol. The number of fused-ring (bicyclic) bond motifs is 2. The van der Waals surface area contributed by atoms with Crippen LogP contribution in [0.2, 0.25) is 0 Å². The van der Waals surface area contributed by atoms with Crippen molar-refractivity contribution in [3.05, 3.63) is 52.7 Å². The van der Waals surface area contributed by atoms with Gasteiger partial charge in [0, 0.05) is 24.3 Å². The van der Waals surface area contributed by atoms with E-state index in [1.54, 1.807) is 6.07 Å². The summed E-state index contributed by atoms with van der Waals surface area (Å²) in [5.74, 6) is -0.318. The van der Waals surface area contributed by atoms with Crippen molar-refractivity contribution in [1.29, 1.82) is 0 Å². The minimum atomic E-state index is -4.57. The van der Waals surface area contributed by atoms with Crippen molar-refractivity contribution in [1.82, 2.24) is 5.16 Å². The summed E-state index contributed by atoms with van der Waals surface area (Å²) < 4.78 is 50.6. The second-order valence-electron chi connectivity index (χ2n) is 8.52. The Labute approximate surface area is 195 Å². The Morgan fingerprint density at radius 1 is 1.26 bits per heavy atom. The van der Waals surface area contributed by atoms with E-state index in [9.17, 15) is 18.0 Å². The Kier molecular flexibility index (Phi) is 7.00. The van der Waals surface area contributed by atoms with E-state index in [-0.39, 0.29) is 17.4 Å². The van der Waals surface area contributed by atoms with Crippen molar-refractivity contribution in [3.8, 4) is 5.75 Å². The van der Waals surface area contributed by atoms with Crippen LogP contribution in [0.3, 0.4) is 0 Å². The maximum atomic E-state index is 13.2. The first-order valence-corrected chi connectivity index (χ1v) is 11.5. The van der Waals surface area contributed by atoms with Crippen LogP contribution in [-0.2, 0) is 30.2 Å². The summed E-state index contributed by atoms with van der Waals surface area (Å²) in [7, 11) is 0. The van der Waals surface area contributed by atoms with Gasteiger partial charge < -0.3 is 19.3 Å². The van der Waals surface area contributed by atoms with Gasteiger partial charge >= 0.3 is 12.1 Å². The lowest BCUT2D eigenvalue weighted by Crippen LogP contribution is -2.31. The molecule has 0 saturated heterocycles. The number of benzene rings is 2. The van der Waals surface area contributed by atoms with Crippen LogP contribution in [0.25, 0.3) is 11.0 Å². The third kappa shape index (κ3) is 5.13. The molecule has 1 aliphatic heterocycles. The smallest absolute Gasteiger partial charge is 0.437 e. The molecule has 2 heterocycles. The molecule has 0 fully saturated rings. The SMILES string of the molecule is CCCc1c(OCCCN2CCCc3cc(CC(=O)O)ccc32)ccc2c(C(F)(F)F)noc12. The van der Waals surface area contributed by atoms with Crippen LogP contribution in [0.4, 0.5) is 18.9 Å². The number of nitrogens with zero attached hydrogens (tertiary/aromatic N) is 2. The Bertz CT molecular complexity index is 1170. The fraction of sp³-hybridized carbons (Fsp3) is 0.440. The van der Waals surface area contributed by atoms with E-state index in [4.69, 9.17) is 14.4 Å². The fourth-order valence-electron chi connectivity index (χ4n) is 4.55. The number of halogens is 3. The third-order valence-electron chi connectivity index (χ3n) is 6.01. The topological polar surface area (TPSA) is 75.8 Å². The zero-order valence-corrected chi connectivity index (χ0v) is 19.0. The second kappa shape index (κ2) is 9.95. The van der Waals surface area contributed by atoms with Gasteiger partial charge in [0.2, 0.25) is 0 Å².